The Morgan fingerprint density at radius 1 is 1.26 bits per heavy atom. The van der Waals surface area contributed by atoms with Crippen LogP contribution in [-0.4, -0.2) is 78.2 Å². The molecule has 2 aromatic heterocycles. The molecule has 0 spiro atoms. The normalized spacial score (nSPS) is 32.4. The molecule has 0 radical (unpaired) electrons. The zero-order valence-corrected chi connectivity index (χ0v) is 20.1. The molecule has 186 valence electrons. The van der Waals surface area contributed by atoms with E-state index in [1.54, 1.807) is 6.33 Å². The van der Waals surface area contributed by atoms with Crippen LogP contribution in [0.5, 0.6) is 0 Å². The van der Waals surface area contributed by atoms with Crippen molar-refractivity contribution in [3.8, 4) is 0 Å². The summed E-state index contributed by atoms with van der Waals surface area (Å²) >= 11 is 0. The summed E-state index contributed by atoms with van der Waals surface area (Å²) in [5, 5.41) is 8.97. The third-order valence-electron chi connectivity index (χ3n) is 7.29. The van der Waals surface area contributed by atoms with Gasteiger partial charge in [-0.2, -0.15) is 0 Å². The Kier molecular flexibility index (Phi) is 5.99. The van der Waals surface area contributed by atoms with Crippen LogP contribution in [0.2, 0.25) is 0 Å². The summed E-state index contributed by atoms with van der Waals surface area (Å²) in [6.07, 6.45) is 4.91. The van der Waals surface area contributed by atoms with E-state index in [-0.39, 0.29) is 24.7 Å². The van der Waals surface area contributed by atoms with Crippen molar-refractivity contribution in [2.75, 3.05) is 12.3 Å². The van der Waals surface area contributed by atoms with Crippen molar-refractivity contribution in [1.29, 1.82) is 0 Å². The van der Waals surface area contributed by atoms with Crippen molar-refractivity contribution >= 4 is 23.0 Å². The van der Waals surface area contributed by atoms with Gasteiger partial charge in [-0.3, -0.25) is 14.3 Å². The van der Waals surface area contributed by atoms with Crippen molar-refractivity contribution in [3.05, 3.63) is 12.7 Å². The van der Waals surface area contributed by atoms with Gasteiger partial charge in [0.05, 0.1) is 6.33 Å². The average molecular weight is 475 g/mol. The number of nitrogen functional groups attached to an aromatic ring is 1. The van der Waals surface area contributed by atoms with E-state index < -0.39 is 18.0 Å². The first kappa shape index (κ1) is 23.4. The van der Waals surface area contributed by atoms with Crippen LogP contribution in [0.3, 0.4) is 0 Å². The number of nitrogens with two attached hydrogens (primary N) is 1. The van der Waals surface area contributed by atoms with Crippen LogP contribution in [0, 0.1) is 5.92 Å². The van der Waals surface area contributed by atoms with E-state index in [1.165, 1.54) is 6.33 Å². The van der Waals surface area contributed by atoms with Crippen LogP contribution in [0.1, 0.15) is 59.6 Å². The standard InChI is InChI=1S/C23H34N6O5/c1-12(2)28(14-7-13(8-14)5-6-16(30)31)9-15-18-19(34-23(3,4)33-18)22(32-15)29-11-27-17-20(24)25-10-26-21(17)29/h10-15,18-19,22H,5-9H2,1-4H3,(H,30,31)(H2,24,25,26)/t13?,14?,15?,18-,19-,22-/m1/s1. The fourth-order valence-electron chi connectivity index (χ4n) is 5.61. The van der Waals surface area contributed by atoms with E-state index >= 15 is 0 Å². The van der Waals surface area contributed by atoms with Gasteiger partial charge >= 0.3 is 5.97 Å². The van der Waals surface area contributed by atoms with Crippen LogP contribution in [0.25, 0.3) is 11.2 Å². The first-order valence-electron chi connectivity index (χ1n) is 12.0. The molecule has 0 aromatic carbocycles. The number of fused-ring (bicyclic) bond motifs is 2. The predicted molar refractivity (Wildman–Crippen MR) is 123 cm³/mol. The molecule has 4 heterocycles. The Balaban J connectivity index is 1.34. The summed E-state index contributed by atoms with van der Waals surface area (Å²) in [4.78, 5) is 26.2. The number of aromatic nitrogens is 4. The van der Waals surface area contributed by atoms with Gasteiger partial charge < -0.3 is 25.1 Å². The smallest absolute Gasteiger partial charge is 0.303 e. The predicted octanol–water partition coefficient (Wildman–Crippen LogP) is 2.18. The lowest BCUT2D eigenvalue weighted by Crippen LogP contribution is -2.52. The highest BCUT2D eigenvalue weighted by molar-refractivity contribution is 5.81. The number of carbonyl (C=O) groups is 1. The summed E-state index contributed by atoms with van der Waals surface area (Å²) in [5.74, 6) is -0.645. The van der Waals surface area contributed by atoms with Crippen molar-refractivity contribution in [3.63, 3.8) is 0 Å². The Labute approximate surface area is 198 Å². The summed E-state index contributed by atoms with van der Waals surface area (Å²) in [6, 6.07) is 0.736. The molecule has 11 heteroatoms. The van der Waals surface area contributed by atoms with E-state index in [0.717, 1.165) is 19.3 Å². The molecule has 3 aliphatic rings. The van der Waals surface area contributed by atoms with Crippen molar-refractivity contribution < 1.29 is 24.1 Å². The minimum atomic E-state index is -0.722. The average Bonchev–Trinajstić information content (AvgIpc) is 3.37. The second kappa shape index (κ2) is 8.71. The third-order valence-corrected chi connectivity index (χ3v) is 7.29. The lowest BCUT2D eigenvalue weighted by Gasteiger charge is -2.46. The fraction of sp³-hybridized carbons (Fsp3) is 0.739. The first-order chi connectivity index (χ1) is 16.1. The number of aliphatic carboxylic acids is 1. The highest BCUT2D eigenvalue weighted by atomic mass is 16.8. The number of rotatable bonds is 8. The minimum absolute atomic E-state index is 0.200. The van der Waals surface area contributed by atoms with Gasteiger partial charge in [-0.15, -0.1) is 0 Å². The van der Waals surface area contributed by atoms with Gasteiger partial charge in [-0.25, -0.2) is 15.0 Å². The molecule has 1 saturated carbocycles. The Morgan fingerprint density at radius 2 is 2.00 bits per heavy atom. The van der Waals surface area contributed by atoms with Crippen molar-refractivity contribution in [1.82, 2.24) is 24.4 Å². The van der Waals surface area contributed by atoms with Gasteiger partial charge in [0, 0.05) is 25.0 Å². The highest BCUT2D eigenvalue weighted by Crippen LogP contribution is 2.45. The van der Waals surface area contributed by atoms with Gasteiger partial charge in [-0.05, 0) is 52.9 Å². The van der Waals surface area contributed by atoms with Gasteiger partial charge in [-0.1, -0.05) is 0 Å². The molecule has 2 saturated heterocycles. The molecule has 4 atom stereocenters. The molecule has 34 heavy (non-hydrogen) atoms. The number of ether oxygens (including phenoxy) is 3. The number of imidazole rings is 1. The Hall–Kier alpha value is -2.34. The maximum Gasteiger partial charge on any atom is 0.303 e. The molecule has 0 amide bonds. The summed E-state index contributed by atoms with van der Waals surface area (Å²) in [7, 11) is 0. The maximum absolute atomic E-state index is 10.9. The second-order valence-electron chi connectivity index (χ2n) is 10.4. The molecule has 2 aliphatic heterocycles. The highest BCUT2D eigenvalue weighted by Gasteiger charge is 2.56. The van der Waals surface area contributed by atoms with E-state index in [9.17, 15) is 4.79 Å². The fourth-order valence-corrected chi connectivity index (χ4v) is 5.61. The molecule has 3 fully saturated rings. The number of anilines is 1. The zero-order chi connectivity index (χ0) is 24.2. The van der Waals surface area contributed by atoms with Crippen LogP contribution in [0.4, 0.5) is 5.82 Å². The van der Waals surface area contributed by atoms with Crippen molar-refractivity contribution in [2.45, 2.75) is 95.8 Å². The lowest BCUT2D eigenvalue weighted by molar-refractivity contribution is -0.199. The van der Waals surface area contributed by atoms with Crippen LogP contribution in [-0.2, 0) is 19.0 Å². The van der Waals surface area contributed by atoms with Gasteiger partial charge in [0.25, 0.3) is 0 Å². The minimum Gasteiger partial charge on any atom is -0.481 e. The number of hydrogen-bond donors (Lipinski definition) is 2. The second-order valence-corrected chi connectivity index (χ2v) is 10.4. The largest absolute Gasteiger partial charge is 0.481 e. The summed E-state index contributed by atoms with van der Waals surface area (Å²) in [5.41, 5.74) is 7.13. The molecule has 1 unspecified atom stereocenters. The van der Waals surface area contributed by atoms with Crippen LogP contribution < -0.4 is 5.73 Å². The van der Waals surface area contributed by atoms with Gasteiger partial charge in [0.15, 0.2) is 23.5 Å². The molecule has 5 rings (SSSR count). The first-order valence-corrected chi connectivity index (χ1v) is 12.0. The maximum atomic E-state index is 10.9. The molecule has 1 aliphatic carbocycles. The molecule has 2 aromatic rings. The van der Waals surface area contributed by atoms with Crippen molar-refractivity contribution in [2.24, 2.45) is 5.92 Å². The summed E-state index contributed by atoms with van der Waals surface area (Å²) < 4.78 is 21.0. The number of carboxylic acids is 1. The number of nitrogens with zero attached hydrogens (tertiary/aromatic N) is 5. The number of carboxylic acid groups (broad SMARTS) is 1. The van der Waals surface area contributed by atoms with E-state index in [2.05, 4.69) is 33.7 Å². The Morgan fingerprint density at radius 3 is 2.71 bits per heavy atom. The SMILES string of the molecule is CC(C)N(CC1O[C@@H](n2cnc3c(N)ncnc32)[C@@H]2OC(C)(C)O[C@H]12)C1CC(CCC(=O)O)C1. The summed E-state index contributed by atoms with van der Waals surface area (Å²) in [6.45, 7) is 8.92. The number of hydrogen-bond acceptors (Lipinski definition) is 9. The van der Waals surface area contributed by atoms with Crippen LogP contribution >= 0.6 is 0 Å². The van der Waals surface area contributed by atoms with E-state index in [1.807, 2.05) is 18.4 Å². The molecular formula is C23H34N6O5. The van der Waals surface area contributed by atoms with Crippen LogP contribution in [0.15, 0.2) is 12.7 Å². The topological polar surface area (TPSA) is 138 Å². The quantitative estimate of drug-likeness (QED) is 0.585. The lowest BCUT2D eigenvalue weighted by atomic mass is 9.76. The molecule has 11 nitrogen and oxygen atoms in total. The third kappa shape index (κ3) is 4.26. The molecule has 3 N–H and O–H groups in total. The Bertz CT molecular complexity index is 1050. The van der Waals surface area contributed by atoms with E-state index in [4.69, 9.17) is 25.1 Å². The monoisotopic (exact) mass is 474 g/mol. The van der Waals surface area contributed by atoms with Gasteiger partial charge in [0.1, 0.15) is 30.2 Å². The van der Waals surface area contributed by atoms with E-state index in [0.29, 0.717) is 41.5 Å². The zero-order valence-electron chi connectivity index (χ0n) is 20.1. The molecule has 0 bridgehead atoms. The molecular weight excluding hydrogens is 440 g/mol. The van der Waals surface area contributed by atoms with Gasteiger partial charge in [0.2, 0.25) is 0 Å².